The summed E-state index contributed by atoms with van der Waals surface area (Å²) in [7, 11) is 0. The Balaban J connectivity index is 3.20. The highest BCUT2D eigenvalue weighted by Crippen LogP contribution is 1.77. The molecule has 0 atom stereocenters. The van der Waals surface area contributed by atoms with Crippen LogP contribution in [0.2, 0.25) is 0 Å². The minimum Gasteiger partial charge on any atom is -0.478 e. The van der Waals surface area contributed by atoms with Crippen molar-refractivity contribution in [3.05, 3.63) is 12.2 Å². The average molecular weight is 115 g/mol. The lowest BCUT2D eigenvalue weighted by atomic mass is 10.4. The van der Waals surface area contributed by atoms with E-state index in [4.69, 9.17) is 10.8 Å². The van der Waals surface area contributed by atoms with Crippen LogP contribution >= 0.6 is 0 Å². The third-order valence-electron chi connectivity index (χ3n) is 0.594. The molecule has 0 aromatic rings. The van der Waals surface area contributed by atoms with Gasteiger partial charge in [-0.1, -0.05) is 6.08 Å². The number of rotatable bonds is 3. The van der Waals surface area contributed by atoms with Crippen LogP contribution in [0.25, 0.3) is 0 Å². The fourth-order valence-electron chi connectivity index (χ4n) is 0.280. The molecule has 0 aliphatic carbocycles. The second kappa shape index (κ2) is 4.33. The normalized spacial score (nSPS) is 10.1. The molecule has 46 valence electrons. The SMILES string of the molecule is NCCC=CC(=O)O. The molecule has 0 bridgehead atoms. The molecular formula is C5H9NO2. The summed E-state index contributed by atoms with van der Waals surface area (Å²) < 4.78 is 0. The van der Waals surface area contributed by atoms with Gasteiger partial charge in [0, 0.05) is 6.08 Å². The number of carbonyl (C=O) groups is 1. The molecule has 0 fully saturated rings. The Hall–Kier alpha value is -0.830. The highest BCUT2D eigenvalue weighted by Gasteiger charge is 1.81. The molecule has 0 saturated carbocycles. The van der Waals surface area contributed by atoms with Gasteiger partial charge in [0.1, 0.15) is 0 Å². The van der Waals surface area contributed by atoms with Gasteiger partial charge < -0.3 is 10.8 Å². The Morgan fingerprint density at radius 3 is 2.75 bits per heavy atom. The number of aliphatic carboxylic acids is 1. The third kappa shape index (κ3) is 5.17. The molecule has 0 saturated heterocycles. The molecule has 0 aliphatic heterocycles. The van der Waals surface area contributed by atoms with Crippen molar-refractivity contribution in [3.8, 4) is 0 Å². The summed E-state index contributed by atoms with van der Waals surface area (Å²) in [4.78, 5) is 9.75. The first kappa shape index (κ1) is 7.17. The fraction of sp³-hybridized carbons (Fsp3) is 0.400. The topological polar surface area (TPSA) is 63.3 Å². The second-order valence-corrected chi connectivity index (χ2v) is 1.32. The van der Waals surface area contributed by atoms with Crippen molar-refractivity contribution >= 4 is 5.97 Å². The van der Waals surface area contributed by atoms with E-state index >= 15 is 0 Å². The van der Waals surface area contributed by atoms with Crippen LogP contribution in [0, 0.1) is 0 Å². The quantitative estimate of drug-likeness (QED) is 0.508. The number of hydrogen-bond donors (Lipinski definition) is 2. The molecule has 0 aromatic carbocycles. The fourth-order valence-corrected chi connectivity index (χ4v) is 0.280. The van der Waals surface area contributed by atoms with E-state index in [9.17, 15) is 4.79 Å². The van der Waals surface area contributed by atoms with Crippen LogP contribution in [-0.2, 0) is 4.79 Å². The van der Waals surface area contributed by atoms with Gasteiger partial charge in [0.2, 0.25) is 0 Å². The van der Waals surface area contributed by atoms with Crippen LogP contribution in [-0.4, -0.2) is 17.6 Å². The average Bonchev–Trinajstić information content (AvgIpc) is 1.66. The van der Waals surface area contributed by atoms with E-state index in [1.807, 2.05) is 0 Å². The van der Waals surface area contributed by atoms with Gasteiger partial charge >= 0.3 is 5.97 Å². The van der Waals surface area contributed by atoms with E-state index in [-0.39, 0.29) is 0 Å². The maximum atomic E-state index is 9.75. The predicted octanol–water partition coefficient (Wildman–Crippen LogP) is -0.0240. The number of nitrogens with two attached hydrogens (primary N) is 1. The Kier molecular flexibility index (Phi) is 3.88. The molecule has 3 nitrogen and oxygen atoms in total. The molecule has 0 aromatic heterocycles. The summed E-state index contributed by atoms with van der Waals surface area (Å²) in [5.41, 5.74) is 5.07. The number of carboxylic acid groups (broad SMARTS) is 1. The van der Waals surface area contributed by atoms with Crippen molar-refractivity contribution in [2.45, 2.75) is 6.42 Å². The monoisotopic (exact) mass is 115 g/mol. The first-order valence-electron chi connectivity index (χ1n) is 2.37. The van der Waals surface area contributed by atoms with Crippen molar-refractivity contribution < 1.29 is 9.90 Å². The van der Waals surface area contributed by atoms with Gasteiger partial charge in [-0.05, 0) is 13.0 Å². The van der Waals surface area contributed by atoms with Crippen LogP contribution < -0.4 is 5.73 Å². The lowest BCUT2D eigenvalue weighted by molar-refractivity contribution is -0.131. The molecule has 8 heavy (non-hydrogen) atoms. The van der Waals surface area contributed by atoms with E-state index in [0.717, 1.165) is 6.08 Å². The number of carboxylic acids is 1. The van der Waals surface area contributed by atoms with Crippen molar-refractivity contribution in [1.29, 1.82) is 0 Å². The van der Waals surface area contributed by atoms with Gasteiger partial charge in [-0.15, -0.1) is 0 Å². The molecule has 0 rings (SSSR count). The molecule has 0 spiro atoms. The van der Waals surface area contributed by atoms with E-state index in [1.165, 1.54) is 6.08 Å². The molecule has 3 heteroatoms. The number of hydrogen-bond acceptors (Lipinski definition) is 2. The first-order valence-corrected chi connectivity index (χ1v) is 2.37. The van der Waals surface area contributed by atoms with Crippen LogP contribution in [0.3, 0.4) is 0 Å². The smallest absolute Gasteiger partial charge is 0.327 e. The summed E-state index contributed by atoms with van der Waals surface area (Å²) in [5, 5.41) is 8.01. The first-order chi connectivity index (χ1) is 3.77. The summed E-state index contributed by atoms with van der Waals surface area (Å²) in [6, 6.07) is 0. The maximum Gasteiger partial charge on any atom is 0.327 e. The predicted molar refractivity (Wildman–Crippen MR) is 30.4 cm³/mol. The zero-order valence-corrected chi connectivity index (χ0v) is 4.50. The molecule has 0 unspecified atom stereocenters. The van der Waals surface area contributed by atoms with Gasteiger partial charge in [-0.3, -0.25) is 0 Å². The van der Waals surface area contributed by atoms with Gasteiger partial charge in [-0.2, -0.15) is 0 Å². The lowest BCUT2D eigenvalue weighted by Gasteiger charge is -1.80. The van der Waals surface area contributed by atoms with Crippen LogP contribution in [0.4, 0.5) is 0 Å². The van der Waals surface area contributed by atoms with Crippen LogP contribution in [0.15, 0.2) is 12.2 Å². The zero-order valence-electron chi connectivity index (χ0n) is 4.50. The molecule has 0 aliphatic rings. The van der Waals surface area contributed by atoms with Crippen LogP contribution in [0.1, 0.15) is 6.42 Å². The third-order valence-corrected chi connectivity index (χ3v) is 0.594. The van der Waals surface area contributed by atoms with E-state index in [2.05, 4.69) is 0 Å². The Morgan fingerprint density at radius 1 is 1.75 bits per heavy atom. The minimum atomic E-state index is -0.918. The molecule has 0 amide bonds. The molecule has 0 radical (unpaired) electrons. The van der Waals surface area contributed by atoms with Gasteiger partial charge in [0.15, 0.2) is 0 Å². The Morgan fingerprint density at radius 2 is 2.38 bits per heavy atom. The summed E-state index contributed by atoms with van der Waals surface area (Å²) >= 11 is 0. The van der Waals surface area contributed by atoms with Crippen molar-refractivity contribution in [2.75, 3.05) is 6.54 Å². The van der Waals surface area contributed by atoms with Gasteiger partial charge in [-0.25, -0.2) is 4.79 Å². The lowest BCUT2D eigenvalue weighted by Crippen LogP contribution is -1.96. The molecule has 3 N–H and O–H groups in total. The molecule has 0 heterocycles. The Labute approximate surface area is 47.8 Å². The van der Waals surface area contributed by atoms with Crippen molar-refractivity contribution in [1.82, 2.24) is 0 Å². The second-order valence-electron chi connectivity index (χ2n) is 1.32. The summed E-state index contributed by atoms with van der Waals surface area (Å²) in [6.45, 7) is 0.504. The van der Waals surface area contributed by atoms with Gasteiger partial charge in [0.05, 0.1) is 0 Å². The molecular weight excluding hydrogens is 106 g/mol. The summed E-state index contributed by atoms with van der Waals surface area (Å²) in [6.07, 6.45) is 3.25. The summed E-state index contributed by atoms with van der Waals surface area (Å²) in [5.74, 6) is -0.918. The van der Waals surface area contributed by atoms with Crippen molar-refractivity contribution in [2.24, 2.45) is 5.73 Å². The van der Waals surface area contributed by atoms with Crippen LogP contribution in [0.5, 0.6) is 0 Å². The van der Waals surface area contributed by atoms with Gasteiger partial charge in [0.25, 0.3) is 0 Å². The van der Waals surface area contributed by atoms with Crippen molar-refractivity contribution in [3.63, 3.8) is 0 Å². The largest absolute Gasteiger partial charge is 0.478 e. The minimum absolute atomic E-state index is 0.504. The highest BCUT2D eigenvalue weighted by atomic mass is 16.4. The standard InChI is InChI=1S/C5H9NO2/c6-4-2-1-3-5(7)8/h1,3H,2,4,6H2,(H,7,8). The van der Waals surface area contributed by atoms with E-state index in [1.54, 1.807) is 0 Å². The zero-order chi connectivity index (χ0) is 6.41. The maximum absolute atomic E-state index is 9.75. The van der Waals surface area contributed by atoms with E-state index in [0.29, 0.717) is 13.0 Å². The Bertz CT molecular complexity index is 98.6. The highest BCUT2D eigenvalue weighted by molar-refractivity contribution is 5.79. The van der Waals surface area contributed by atoms with E-state index < -0.39 is 5.97 Å².